The number of carbonyl (C=O) groups is 3. The van der Waals surface area contributed by atoms with Gasteiger partial charge in [-0.05, 0) is 55.3 Å². The fourth-order valence-electron chi connectivity index (χ4n) is 4.51. The highest BCUT2D eigenvalue weighted by molar-refractivity contribution is 5.84. The summed E-state index contributed by atoms with van der Waals surface area (Å²) < 4.78 is 0. The van der Waals surface area contributed by atoms with Crippen LogP contribution in [0.1, 0.15) is 43.4 Å². The largest absolute Gasteiger partial charge is 0.359 e. The third-order valence-electron chi connectivity index (χ3n) is 6.18. The molecule has 0 radical (unpaired) electrons. The third-order valence-corrected chi connectivity index (χ3v) is 6.18. The Morgan fingerprint density at radius 1 is 1.13 bits per heavy atom. The van der Waals surface area contributed by atoms with Crippen LogP contribution in [0.5, 0.6) is 0 Å². The van der Waals surface area contributed by atoms with Gasteiger partial charge >= 0.3 is 0 Å². The van der Waals surface area contributed by atoms with Gasteiger partial charge in [0.15, 0.2) is 0 Å². The molecule has 2 fully saturated rings. The number of piperidine rings is 1. The molecule has 2 saturated heterocycles. The first-order valence-corrected chi connectivity index (χ1v) is 10.9. The molecule has 4 rings (SSSR count). The van der Waals surface area contributed by atoms with Crippen LogP contribution < -0.4 is 5.32 Å². The maximum atomic E-state index is 12.7. The quantitative estimate of drug-likeness (QED) is 0.735. The van der Waals surface area contributed by atoms with Crippen LogP contribution in [0.2, 0.25) is 0 Å². The van der Waals surface area contributed by atoms with Crippen LogP contribution in [-0.2, 0) is 20.9 Å². The molecule has 0 aliphatic carbocycles. The highest BCUT2D eigenvalue weighted by Crippen LogP contribution is 2.20. The van der Waals surface area contributed by atoms with Crippen molar-refractivity contribution in [3.8, 4) is 0 Å². The van der Waals surface area contributed by atoms with Crippen LogP contribution >= 0.6 is 0 Å². The SMILES string of the molecule is Cc1cc2cc(CNC(=O)[C@H]3CCC(=O)N(CCCN4CCCC4=O)C3)ccc2[nH]1. The minimum atomic E-state index is -0.172. The van der Waals surface area contributed by atoms with E-state index in [1.807, 2.05) is 24.0 Å². The van der Waals surface area contributed by atoms with Gasteiger partial charge in [-0.2, -0.15) is 0 Å². The van der Waals surface area contributed by atoms with E-state index in [4.69, 9.17) is 0 Å². The van der Waals surface area contributed by atoms with Crippen molar-refractivity contribution in [2.24, 2.45) is 5.92 Å². The molecule has 3 amide bonds. The molecule has 1 atom stereocenters. The number of nitrogens with one attached hydrogen (secondary N) is 2. The van der Waals surface area contributed by atoms with Crippen LogP contribution in [0, 0.1) is 12.8 Å². The predicted molar refractivity (Wildman–Crippen MR) is 115 cm³/mol. The summed E-state index contributed by atoms with van der Waals surface area (Å²) >= 11 is 0. The van der Waals surface area contributed by atoms with Crippen LogP contribution in [0.15, 0.2) is 24.3 Å². The van der Waals surface area contributed by atoms with E-state index in [0.717, 1.165) is 41.5 Å². The monoisotopic (exact) mass is 410 g/mol. The first-order valence-electron chi connectivity index (χ1n) is 10.9. The van der Waals surface area contributed by atoms with Gasteiger partial charge < -0.3 is 20.1 Å². The van der Waals surface area contributed by atoms with Crippen molar-refractivity contribution in [3.05, 3.63) is 35.5 Å². The molecule has 0 unspecified atom stereocenters. The number of rotatable bonds is 7. The normalized spacial score (nSPS) is 19.7. The van der Waals surface area contributed by atoms with E-state index in [-0.39, 0.29) is 23.6 Å². The molecule has 2 N–H and O–H groups in total. The molecule has 30 heavy (non-hydrogen) atoms. The Morgan fingerprint density at radius 2 is 1.93 bits per heavy atom. The highest BCUT2D eigenvalue weighted by Gasteiger charge is 2.30. The lowest BCUT2D eigenvalue weighted by atomic mass is 9.96. The van der Waals surface area contributed by atoms with E-state index in [1.54, 1.807) is 4.90 Å². The zero-order valence-electron chi connectivity index (χ0n) is 17.6. The molecule has 2 aliphatic rings. The molecule has 3 heterocycles. The molecule has 7 heteroatoms. The van der Waals surface area contributed by atoms with Crippen molar-refractivity contribution in [1.29, 1.82) is 0 Å². The molecule has 0 saturated carbocycles. The second kappa shape index (κ2) is 8.90. The minimum Gasteiger partial charge on any atom is -0.359 e. The van der Waals surface area contributed by atoms with Crippen molar-refractivity contribution in [3.63, 3.8) is 0 Å². The summed E-state index contributed by atoms with van der Waals surface area (Å²) in [6, 6.07) is 8.25. The number of aromatic nitrogens is 1. The second-order valence-corrected chi connectivity index (χ2v) is 8.51. The van der Waals surface area contributed by atoms with Gasteiger partial charge in [0.2, 0.25) is 17.7 Å². The van der Waals surface area contributed by atoms with Gasteiger partial charge in [0.1, 0.15) is 0 Å². The number of benzene rings is 1. The smallest absolute Gasteiger partial charge is 0.225 e. The number of carbonyl (C=O) groups excluding carboxylic acids is 3. The van der Waals surface area contributed by atoms with Crippen molar-refractivity contribution in [2.75, 3.05) is 26.2 Å². The van der Waals surface area contributed by atoms with E-state index in [1.165, 1.54) is 0 Å². The maximum absolute atomic E-state index is 12.7. The number of H-pyrrole nitrogens is 1. The Balaban J connectivity index is 1.26. The van der Waals surface area contributed by atoms with Crippen LogP contribution in [0.25, 0.3) is 10.9 Å². The number of nitrogens with zero attached hydrogens (tertiary/aromatic N) is 2. The number of aromatic amines is 1. The third kappa shape index (κ3) is 4.66. The number of aryl methyl sites for hydroxylation is 1. The van der Waals surface area contributed by atoms with Crippen LogP contribution in [0.4, 0.5) is 0 Å². The second-order valence-electron chi connectivity index (χ2n) is 8.51. The number of hydrogen-bond acceptors (Lipinski definition) is 3. The molecule has 7 nitrogen and oxygen atoms in total. The summed E-state index contributed by atoms with van der Waals surface area (Å²) in [5.74, 6) is 0.159. The lowest BCUT2D eigenvalue weighted by Crippen LogP contribution is -2.46. The summed E-state index contributed by atoms with van der Waals surface area (Å²) in [7, 11) is 0. The number of amides is 3. The van der Waals surface area contributed by atoms with Gasteiger partial charge in [-0.15, -0.1) is 0 Å². The Hall–Kier alpha value is -2.83. The van der Waals surface area contributed by atoms with Crippen molar-refractivity contribution < 1.29 is 14.4 Å². The number of likely N-dealkylation sites (tertiary alicyclic amines) is 2. The summed E-state index contributed by atoms with van der Waals surface area (Å²) in [5.41, 5.74) is 3.28. The summed E-state index contributed by atoms with van der Waals surface area (Å²) in [6.45, 7) is 5.11. The van der Waals surface area contributed by atoms with E-state index < -0.39 is 0 Å². The summed E-state index contributed by atoms with van der Waals surface area (Å²) in [5, 5.41) is 4.19. The lowest BCUT2D eigenvalue weighted by Gasteiger charge is -2.32. The molecule has 0 spiro atoms. The lowest BCUT2D eigenvalue weighted by molar-refractivity contribution is -0.138. The molecule has 1 aromatic carbocycles. The van der Waals surface area contributed by atoms with Gasteiger partial charge in [-0.25, -0.2) is 0 Å². The molecule has 2 aromatic rings. The molecule has 0 bridgehead atoms. The van der Waals surface area contributed by atoms with Gasteiger partial charge in [0.25, 0.3) is 0 Å². The topological polar surface area (TPSA) is 85.5 Å². The zero-order valence-corrected chi connectivity index (χ0v) is 17.6. The van der Waals surface area contributed by atoms with E-state index in [9.17, 15) is 14.4 Å². The van der Waals surface area contributed by atoms with Crippen molar-refractivity contribution in [2.45, 2.75) is 45.6 Å². The summed E-state index contributed by atoms with van der Waals surface area (Å²) in [4.78, 5) is 43.7. The van der Waals surface area contributed by atoms with Crippen LogP contribution in [-0.4, -0.2) is 58.7 Å². The average Bonchev–Trinajstić information content (AvgIpc) is 3.31. The minimum absolute atomic E-state index is 0.00701. The Bertz CT molecular complexity index is 951. The molecule has 2 aliphatic heterocycles. The predicted octanol–water partition coefficient (Wildman–Crippen LogP) is 2.34. The van der Waals surface area contributed by atoms with Crippen LogP contribution in [0.3, 0.4) is 0 Å². The van der Waals surface area contributed by atoms with Gasteiger partial charge in [-0.3, -0.25) is 14.4 Å². The van der Waals surface area contributed by atoms with Crippen molar-refractivity contribution in [1.82, 2.24) is 20.1 Å². The Kier molecular flexibility index (Phi) is 6.06. The molecular formula is C23H30N4O3. The first kappa shape index (κ1) is 20.4. The molecule has 160 valence electrons. The fourth-order valence-corrected chi connectivity index (χ4v) is 4.51. The number of hydrogen-bond donors (Lipinski definition) is 2. The van der Waals surface area contributed by atoms with E-state index >= 15 is 0 Å². The summed E-state index contributed by atoms with van der Waals surface area (Å²) in [6.07, 6.45) is 3.35. The first-order chi connectivity index (χ1) is 14.5. The van der Waals surface area contributed by atoms with Gasteiger partial charge in [0, 0.05) is 56.8 Å². The average molecular weight is 411 g/mol. The zero-order chi connectivity index (χ0) is 21.1. The van der Waals surface area contributed by atoms with Crippen molar-refractivity contribution >= 4 is 28.6 Å². The number of fused-ring (bicyclic) bond motifs is 1. The Labute approximate surface area is 176 Å². The fraction of sp³-hybridized carbons (Fsp3) is 0.522. The maximum Gasteiger partial charge on any atom is 0.225 e. The van der Waals surface area contributed by atoms with E-state index in [0.29, 0.717) is 45.4 Å². The molecular weight excluding hydrogens is 380 g/mol. The highest BCUT2D eigenvalue weighted by atomic mass is 16.2. The Morgan fingerprint density at radius 3 is 2.73 bits per heavy atom. The standard InChI is InChI=1S/C23H30N4O3/c1-16-12-19-13-17(5-7-20(19)25-16)14-24-23(30)18-6-8-22(29)27(15-18)11-3-10-26-9-2-4-21(26)28/h5,7,12-13,18,25H,2-4,6,8-11,14-15H2,1H3,(H,24,30)/t18-/m0/s1. The van der Waals surface area contributed by atoms with Gasteiger partial charge in [0.05, 0.1) is 5.92 Å². The van der Waals surface area contributed by atoms with E-state index in [2.05, 4.69) is 22.4 Å². The molecule has 1 aromatic heterocycles. The van der Waals surface area contributed by atoms with Gasteiger partial charge in [-0.1, -0.05) is 6.07 Å².